The summed E-state index contributed by atoms with van der Waals surface area (Å²) in [5.41, 5.74) is 0. The average Bonchev–Trinajstić information content (AvgIpc) is 2.69. The van der Waals surface area contributed by atoms with Gasteiger partial charge in [0.25, 0.3) is 0 Å². The van der Waals surface area contributed by atoms with Crippen LogP contribution in [0.15, 0.2) is 17.5 Å². The fourth-order valence-corrected chi connectivity index (χ4v) is 2.31. The molecule has 0 saturated heterocycles. The van der Waals surface area contributed by atoms with Crippen molar-refractivity contribution >= 4 is 17.2 Å². The van der Waals surface area contributed by atoms with Crippen LogP contribution in [0.2, 0.25) is 0 Å². The second-order valence-corrected chi connectivity index (χ2v) is 5.82. The lowest BCUT2D eigenvalue weighted by molar-refractivity contribution is -0.122. The van der Waals surface area contributed by atoms with Gasteiger partial charge in [-0.3, -0.25) is 9.69 Å². The van der Waals surface area contributed by atoms with Crippen LogP contribution in [-0.2, 0) is 11.3 Å². The Balaban J connectivity index is 2.17. The molecule has 1 rings (SSSR count). The third-order valence-corrected chi connectivity index (χ3v) is 3.32. The molecular weight excluding hydrogens is 232 g/mol. The number of amides is 1. The molecular formula is C13H22N2OS. The van der Waals surface area contributed by atoms with Crippen LogP contribution in [0.3, 0.4) is 0 Å². The van der Waals surface area contributed by atoms with Gasteiger partial charge in [-0.05, 0) is 30.8 Å². The fourth-order valence-electron chi connectivity index (χ4n) is 1.53. The smallest absolute Gasteiger partial charge is 0.234 e. The van der Waals surface area contributed by atoms with Crippen LogP contribution in [0.4, 0.5) is 0 Å². The van der Waals surface area contributed by atoms with Crippen molar-refractivity contribution < 1.29 is 4.79 Å². The number of hydrogen-bond donors (Lipinski definition) is 1. The quantitative estimate of drug-likeness (QED) is 0.810. The molecule has 0 atom stereocenters. The van der Waals surface area contributed by atoms with Gasteiger partial charge in [0.1, 0.15) is 0 Å². The molecule has 0 bridgehead atoms. The van der Waals surface area contributed by atoms with Gasteiger partial charge in [-0.15, -0.1) is 11.3 Å². The molecule has 4 heteroatoms. The summed E-state index contributed by atoms with van der Waals surface area (Å²) in [7, 11) is 1.97. The molecule has 1 aromatic heterocycles. The Morgan fingerprint density at radius 3 is 2.88 bits per heavy atom. The van der Waals surface area contributed by atoms with E-state index in [0.29, 0.717) is 12.5 Å². The van der Waals surface area contributed by atoms with Crippen LogP contribution in [0.1, 0.15) is 25.1 Å². The SMILES string of the molecule is CC(C)CCNC(=O)CN(C)Cc1cccs1. The Bertz CT molecular complexity index is 322. The number of likely N-dealkylation sites (N-methyl/N-ethyl adjacent to an activating group) is 1. The topological polar surface area (TPSA) is 32.3 Å². The highest BCUT2D eigenvalue weighted by Crippen LogP contribution is 2.10. The van der Waals surface area contributed by atoms with Gasteiger partial charge in [-0.2, -0.15) is 0 Å². The van der Waals surface area contributed by atoms with Crippen molar-refractivity contribution in [2.45, 2.75) is 26.8 Å². The van der Waals surface area contributed by atoms with Crippen molar-refractivity contribution in [1.82, 2.24) is 10.2 Å². The minimum Gasteiger partial charge on any atom is -0.355 e. The van der Waals surface area contributed by atoms with E-state index in [1.165, 1.54) is 4.88 Å². The average molecular weight is 254 g/mol. The molecule has 3 nitrogen and oxygen atoms in total. The predicted molar refractivity (Wildman–Crippen MR) is 73.1 cm³/mol. The van der Waals surface area contributed by atoms with Crippen LogP contribution in [0.5, 0.6) is 0 Å². The Morgan fingerprint density at radius 1 is 1.53 bits per heavy atom. The van der Waals surface area contributed by atoms with Crippen LogP contribution >= 0.6 is 11.3 Å². The van der Waals surface area contributed by atoms with E-state index in [4.69, 9.17) is 0 Å². The fraction of sp³-hybridized carbons (Fsp3) is 0.615. The molecule has 0 radical (unpaired) electrons. The van der Waals surface area contributed by atoms with E-state index in [0.717, 1.165) is 19.5 Å². The summed E-state index contributed by atoms with van der Waals surface area (Å²) < 4.78 is 0. The highest BCUT2D eigenvalue weighted by molar-refractivity contribution is 7.09. The van der Waals surface area contributed by atoms with Crippen molar-refractivity contribution in [3.8, 4) is 0 Å². The highest BCUT2D eigenvalue weighted by atomic mass is 32.1. The summed E-state index contributed by atoms with van der Waals surface area (Å²) in [6.07, 6.45) is 1.04. The maximum Gasteiger partial charge on any atom is 0.234 e. The van der Waals surface area contributed by atoms with Gasteiger partial charge >= 0.3 is 0 Å². The van der Waals surface area contributed by atoms with Gasteiger partial charge in [0.05, 0.1) is 6.54 Å². The van der Waals surface area contributed by atoms with Crippen LogP contribution in [0.25, 0.3) is 0 Å². The third kappa shape index (κ3) is 6.44. The van der Waals surface area contributed by atoms with Gasteiger partial charge in [-0.25, -0.2) is 0 Å². The Morgan fingerprint density at radius 2 is 2.29 bits per heavy atom. The van der Waals surface area contributed by atoms with Gasteiger partial charge in [0.2, 0.25) is 5.91 Å². The molecule has 0 fully saturated rings. The minimum atomic E-state index is 0.115. The molecule has 0 aliphatic rings. The van der Waals surface area contributed by atoms with Gasteiger partial charge in [-0.1, -0.05) is 19.9 Å². The monoisotopic (exact) mass is 254 g/mol. The molecule has 1 aromatic rings. The van der Waals surface area contributed by atoms with E-state index < -0.39 is 0 Å². The van der Waals surface area contributed by atoms with E-state index in [1.54, 1.807) is 11.3 Å². The zero-order valence-electron chi connectivity index (χ0n) is 10.9. The van der Waals surface area contributed by atoms with Crippen molar-refractivity contribution in [3.05, 3.63) is 22.4 Å². The first-order valence-electron chi connectivity index (χ1n) is 6.05. The van der Waals surface area contributed by atoms with Gasteiger partial charge in [0.15, 0.2) is 0 Å². The molecule has 0 unspecified atom stereocenters. The van der Waals surface area contributed by atoms with Crippen LogP contribution in [-0.4, -0.2) is 30.9 Å². The number of carbonyl (C=O) groups excluding carboxylic acids is 1. The van der Waals surface area contributed by atoms with Crippen molar-refractivity contribution in [2.24, 2.45) is 5.92 Å². The lowest BCUT2D eigenvalue weighted by Crippen LogP contribution is -2.35. The highest BCUT2D eigenvalue weighted by Gasteiger charge is 2.07. The Hall–Kier alpha value is -0.870. The summed E-state index contributed by atoms with van der Waals surface area (Å²) in [6.45, 7) is 6.42. The van der Waals surface area contributed by atoms with Crippen molar-refractivity contribution in [2.75, 3.05) is 20.1 Å². The second kappa shape index (κ2) is 7.45. The zero-order valence-corrected chi connectivity index (χ0v) is 11.7. The summed E-state index contributed by atoms with van der Waals surface area (Å²) >= 11 is 1.73. The number of hydrogen-bond acceptors (Lipinski definition) is 3. The largest absolute Gasteiger partial charge is 0.355 e. The van der Waals surface area contributed by atoms with E-state index in [-0.39, 0.29) is 5.91 Å². The molecule has 0 aromatic carbocycles. The number of rotatable bonds is 7. The first-order chi connectivity index (χ1) is 8.08. The zero-order chi connectivity index (χ0) is 12.7. The van der Waals surface area contributed by atoms with E-state index in [1.807, 2.05) is 18.0 Å². The Labute approximate surface area is 108 Å². The lowest BCUT2D eigenvalue weighted by atomic mass is 10.1. The lowest BCUT2D eigenvalue weighted by Gasteiger charge is -2.15. The maximum atomic E-state index is 11.6. The van der Waals surface area contributed by atoms with Crippen LogP contribution < -0.4 is 5.32 Å². The molecule has 17 heavy (non-hydrogen) atoms. The standard InChI is InChI=1S/C13H22N2OS/c1-11(2)6-7-14-13(16)10-15(3)9-12-5-4-8-17-12/h4-5,8,11H,6-7,9-10H2,1-3H3,(H,14,16). The van der Waals surface area contributed by atoms with E-state index in [2.05, 4.69) is 30.6 Å². The molecule has 0 spiro atoms. The van der Waals surface area contributed by atoms with Crippen molar-refractivity contribution in [3.63, 3.8) is 0 Å². The molecule has 1 amide bonds. The third-order valence-electron chi connectivity index (χ3n) is 2.46. The summed E-state index contributed by atoms with van der Waals surface area (Å²) in [6, 6.07) is 4.13. The van der Waals surface area contributed by atoms with E-state index >= 15 is 0 Å². The molecule has 0 saturated carbocycles. The molecule has 0 aliphatic heterocycles. The van der Waals surface area contributed by atoms with Gasteiger partial charge < -0.3 is 5.32 Å². The number of nitrogens with zero attached hydrogens (tertiary/aromatic N) is 1. The first-order valence-corrected chi connectivity index (χ1v) is 6.93. The summed E-state index contributed by atoms with van der Waals surface area (Å²) in [5, 5.41) is 5.01. The maximum absolute atomic E-state index is 11.6. The number of nitrogens with one attached hydrogen (secondary N) is 1. The summed E-state index contributed by atoms with van der Waals surface area (Å²) in [5.74, 6) is 0.754. The molecule has 1 N–H and O–H groups in total. The van der Waals surface area contributed by atoms with E-state index in [9.17, 15) is 4.79 Å². The molecule has 0 aliphatic carbocycles. The molecule has 96 valence electrons. The molecule has 1 heterocycles. The predicted octanol–water partition coefficient (Wildman–Crippen LogP) is 2.34. The second-order valence-electron chi connectivity index (χ2n) is 4.78. The van der Waals surface area contributed by atoms with Gasteiger partial charge in [0, 0.05) is 18.0 Å². The normalized spacial score (nSPS) is 11.1. The Kier molecular flexibility index (Phi) is 6.22. The van der Waals surface area contributed by atoms with Crippen LogP contribution in [0, 0.1) is 5.92 Å². The number of thiophene rings is 1. The summed E-state index contributed by atoms with van der Waals surface area (Å²) in [4.78, 5) is 14.9. The number of carbonyl (C=O) groups is 1. The minimum absolute atomic E-state index is 0.115. The first kappa shape index (κ1) is 14.2. The van der Waals surface area contributed by atoms with Crippen molar-refractivity contribution in [1.29, 1.82) is 0 Å².